The molecule has 0 spiro atoms. The largest absolute Gasteiger partial charge is 0.484 e. The molecule has 2 aromatic rings. The van der Waals surface area contributed by atoms with E-state index < -0.39 is 18.4 Å². The molecule has 2 N–H and O–H groups in total. The molecule has 26 heavy (non-hydrogen) atoms. The molecule has 0 saturated heterocycles. The van der Waals surface area contributed by atoms with Crippen molar-refractivity contribution in [1.29, 1.82) is 0 Å². The number of rotatable bonds is 6. The van der Waals surface area contributed by atoms with Crippen molar-refractivity contribution in [3.05, 3.63) is 65.2 Å². The van der Waals surface area contributed by atoms with Crippen LogP contribution in [-0.2, 0) is 20.7 Å². The molecular weight excluding hydrogens is 338 g/mol. The van der Waals surface area contributed by atoms with Crippen LogP contribution >= 0.6 is 0 Å². The highest BCUT2D eigenvalue weighted by Gasteiger charge is 2.26. The first-order valence-corrected chi connectivity index (χ1v) is 8.03. The van der Waals surface area contributed by atoms with Crippen LogP contribution in [-0.4, -0.2) is 36.1 Å². The summed E-state index contributed by atoms with van der Waals surface area (Å²) in [6, 6.07) is 14.3. The lowest BCUT2D eigenvalue weighted by atomic mass is 9.95. The third-order valence-corrected chi connectivity index (χ3v) is 3.95. The van der Waals surface area contributed by atoms with Crippen LogP contribution in [0.1, 0.15) is 27.6 Å². The second-order valence-electron chi connectivity index (χ2n) is 5.78. The summed E-state index contributed by atoms with van der Waals surface area (Å²) in [6.45, 7) is -0.728. The van der Waals surface area contributed by atoms with Crippen LogP contribution in [0.15, 0.2) is 48.5 Å². The monoisotopic (exact) mass is 355 g/mol. The van der Waals surface area contributed by atoms with E-state index in [-0.39, 0.29) is 18.7 Å². The van der Waals surface area contributed by atoms with Gasteiger partial charge in [-0.05, 0) is 29.3 Å². The van der Waals surface area contributed by atoms with Gasteiger partial charge >= 0.3 is 11.9 Å². The minimum absolute atomic E-state index is 0.279. The van der Waals surface area contributed by atoms with Gasteiger partial charge < -0.3 is 19.9 Å². The van der Waals surface area contributed by atoms with Crippen molar-refractivity contribution in [1.82, 2.24) is 5.32 Å². The maximum absolute atomic E-state index is 12.1. The van der Waals surface area contributed by atoms with Gasteiger partial charge in [0, 0.05) is 6.42 Å². The minimum atomic E-state index is -1.12. The maximum Gasteiger partial charge on any atom is 0.339 e. The first-order valence-electron chi connectivity index (χ1n) is 8.03. The predicted molar refractivity (Wildman–Crippen MR) is 90.9 cm³/mol. The Bertz CT molecular complexity index is 830. The van der Waals surface area contributed by atoms with Gasteiger partial charge in [-0.1, -0.05) is 30.3 Å². The lowest BCUT2D eigenvalue weighted by molar-refractivity contribution is -0.138. The molecule has 7 nitrogen and oxygen atoms in total. The smallest absolute Gasteiger partial charge is 0.339 e. The van der Waals surface area contributed by atoms with Crippen LogP contribution in [0.2, 0.25) is 0 Å². The van der Waals surface area contributed by atoms with E-state index in [2.05, 4.69) is 5.32 Å². The van der Waals surface area contributed by atoms with Gasteiger partial charge in [-0.15, -0.1) is 0 Å². The number of hydrogen-bond donors (Lipinski definition) is 2. The Labute approximate surface area is 149 Å². The zero-order valence-corrected chi connectivity index (χ0v) is 13.8. The van der Waals surface area contributed by atoms with Crippen LogP contribution in [0, 0.1) is 0 Å². The third-order valence-electron chi connectivity index (χ3n) is 3.95. The Kier molecular flexibility index (Phi) is 5.17. The summed E-state index contributed by atoms with van der Waals surface area (Å²) in [5.41, 5.74) is 2.37. The number of benzene rings is 2. The molecule has 0 radical (unpaired) electrons. The zero-order chi connectivity index (χ0) is 18.5. The third kappa shape index (κ3) is 4.18. The Morgan fingerprint density at radius 3 is 2.62 bits per heavy atom. The van der Waals surface area contributed by atoms with Crippen molar-refractivity contribution in [3.63, 3.8) is 0 Å². The summed E-state index contributed by atoms with van der Waals surface area (Å²) < 4.78 is 10.8. The number of aliphatic carboxylic acids is 1. The number of hydrogen-bond acceptors (Lipinski definition) is 5. The normalized spacial score (nSPS) is 15.5. The highest BCUT2D eigenvalue weighted by Crippen LogP contribution is 2.31. The first-order chi connectivity index (χ1) is 12.5. The highest BCUT2D eigenvalue weighted by molar-refractivity contribution is 5.92. The van der Waals surface area contributed by atoms with Crippen LogP contribution in [0.3, 0.4) is 0 Å². The number of amides is 1. The predicted octanol–water partition coefficient (Wildman–Crippen LogP) is 1.72. The standard InChI is InChI=1S/C19H17NO6/c21-17(20-10-18(22)23)11-25-14-7-5-12(6-8-14)16-9-13-3-1-2-4-15(13)19(24)26-16/h1-8,16H,9-11H2,(H,20,21)(H,22,23)/t16-/m1/s1. The maximum atomic E-state index is 12.1. The molecule has 1 atom stereocenters. The molecule has 0 aromatic heterocycles. The lowest BCUT2D eigenvalue weighted by Crippen LogP contribution is -2.33. The van der Waals surface area contributed by atoms with Crippen LogP contribution in [0.5, 0.6) is 5.75 Å². The molecular formula is C19H17NO6. The van der Waals surface area contributed by atoms with Crippen molar-refractivity contribution in [2.45, 2.75) is 12.5 Å². The zero-order valence-electron chi connectivity index (χ0n) is 13.8. The molecule has 0 fully saturated rings. The number of carboxylic acid groups (broad SMARTS) is 1. The number of carbonyl (C=O) groups excluding carboxylic acids is 2. The first kappa shape index (κ1) is 17.5. The van der Waals surface area contributed by atoms with E-state index in [0.29, 0.717) is 17.7 Å². The number of carboxylic acids is 1. The number of ether oxygens (including phenoxy) is 2. The van der Waals surface area contributed by atoms with E-state index in [4.69, 9.17) is 14.6 Å². The van der Waals surface area contributed by atoms with Crippen molar-refractivity contribution < 1.29 is 29.0 Å². The number of carbonyl (C=O) groups is 3. The van der Waals surface area contributed by atoms with Gasteiger partial charge in [0.2, 0.25) is 0 Å². The number of cyclic esters (lactones) is 1. The second kappa shape index (κ2) is 7.69. The molecule has 134 valence electrons. The van der Waals surface area contributed by atoms with E-state index in [1.807, 2.05) is 12.1 Å². The second-order valence-corrected chi connectivity index (χ2v) is 5.78. The lowest BCUT2D eigenvalue weighted by Gasteiger charge is -2.25. The van der Waals surface area contributed by atoms with Crippen molar-refractivity contribution >= 4 is 17.8 Å². The van der Waals surface area contributed by atoms with Crippen LogP contribution < -0.4 is 10.1 Å². The number of nitrogens with one attached hydrogen (secondary N) is 1. The van der Waals surface area contributed by atoms with Crippen molar-refractivity contribution in [3.8, 4) is 5.75 Å². The fraction of sp³-hybridized carbons (Fsp3) is 0.211. The Morgan fingerprint density at radius 2 is 1.88 bits per heavy atom. The molecule has 0 saturated carbocycles. The summed E-state index contributed by atoms with van der Waals surface area (Å²) in [6.07, 6.45) is 0.227. The van der Waals surface area contributed by atoms with E-state index in [0.717, 1.165) is 11.1 Å². The summed E-state index contributed by atoms with van der Waals surface area (Å²) in [7, 11) is 0. The van der Waals surface area contributed by atoms with Crippen LogP contribution in [0.4, 0.5) is 0 Å². The van der Waals surface area contributed by atoms with Gasteiger partial charge in [0.25, 0.3) is 5.91 Å². The van der Waals surface area contributed by atoms with Gasteiger partial charge in [0.1, 0.15) is 18.4 Å². The Hall–Kier alpha value is -3.35. The molecule has 0 bridgehead atoms. The number of fused-ring (bicyclic) bond motifs is 1. The molecule has 1 aliphatic heterocycles. The van der Waals surface area contributed by atoms with Gasteiger partial charge in [-0.3, -0.25) is 9.59 Å². The quantitative estimate of drug-likeness (QED) is 0.765. The summed E-state index contributed by atoms with van der Waals surface area (Å²) >= 11 is 0. The fourth-order valence-electron chi connectivity index (χ4n) is 2.67. The van der Waals surface area contributed by atoms with Gasteiger partial charge in [0.05, 0.1) is 5.56 Å². The van der Waals surface area contributed by atoms with Crippen molar-refractivity contribution in [2.24, 2.45) is 0 Å². The number of esters is 1. The summed E-state index contributed by atoms with van der Waals surface area (Å²) in [5.74, 6) is -1.52. The average molecular weight is 355 g/mol. The van der Waals surface area contributed by atoms with Gasteiger partial charge in [-0.25, -0.2) is 4.79 Å². The molecule has 1 amide bonds. The fourth-order valence-corrected chi connectivity index (χ4v) is 2.67. The minimum Gasteiger partial charge on any atom is -0.484 e. The Balaban J connectivity index is 1.59. The van der Waals surface area contributed by atoms with Gasteiger partial charge in [-0.2, -0.15) is 0 Å². The molecule has 0 unspecified atom stereocenters. The van der Waals surface area contributed by atoms with E-state index in [1.165, 1.54) is 0 Å². The molecule has 1 aliphatic rings. The topological polar surface area (TPSA) is 102 Å². The average Bonchev–Trinajstić information content (AvgIpc) is 2.65. The Morgan fingerprint density at radius 1 is 1.15 bits per heavy atom. The SMILES string of the molecule is O=C(O)CNC(=O)COc1ccc([C@H]2Cc3ccccc3C(=O)O2)cc1. The van der Waals surface area contributed by atoms with Gasteiger partial charge in [0.15, 0.2) is 6.61 Å². The van der Waals surface area contributed by atoms with E-state index >= 15 is 0 Å². The molecule has 7 heteroatoms. The molecule has 0 aliphatic carbocycles. The summed E-state index contributed by atoms with van der Waals surface area (Å²) in [4.78, 5) is 33.9. The van der Waals surface area contributed by atoms with Crippen molar-refractivity contribution in [2.75, 3.05) is 13.2 Å². The van der Waals surface area contributed by atoms with E-state index in [9.17, 15) is 14.4 Å². The molecule has 3 rings (SSSR count). The van der Waals surface area contributed by atoms with E-state index in [1.54, 1.807) is 36.4 Å². The molecule has 1 heterocycles. The highest BCUT2D eigenvalue weighted by atomic mass is 16.5. The van der Waals surface area contributed by atoms with Crippen LogP contribution in [0.25, 0.3) is 0 Å². The summed E-state index contributed by atoms with van der Waals surface area (Å²) in [5, 5.41) is 10.7. The molecule has 2 aromatic carbocycles.